The molecule has 0 radical (unpaired) electrons. The number of Topliss-reactive ketones (excluding diaryl/α,β-unsaturated/α-hetero) is 1. The SMILES string of the molecule is CC(=O)c1ccc(Cc2cc3c(=O)n(C[C@H]4CCOC[C@@H]4O)cnc3c3ccccc23)cn1. The van der Waals surface area contributed by atoms with Crippen LogP contribution in [0.2, 0.25) is 0 Å². The number of ether oxygens (including phenoxy) is 1. The van der Waals surface area contributed by atoms with E-state index in [1.54, 1.807) is 23.2 Å². The molecule has 2 atom stereocenters. The number of carbonyl (C=O) groups is 1. The number of pyridine rings is 1. The third kappa shape index (κ3) is 4.17. The Morgan fingerprint density at radius 2 is 1.97 bits per heavy atom. The van der Waals surface area contributed by atoms with Crippen LogP contribution in [0.3, 0.4) is 0 Å². The Bertz CT molecular complexity index is 1390. The molecule has 0 spiro atoms. The number of rotatable bonds is 5. The molecule has 1 N–H and O–H groups in total. The average molecular weight is 444 g/mol. The molecule has 1 aliphatic heterocycles. The first-order chi connectivity index (χ1) is 16.0. The van der Waals surface area contributed by atoms with E-state index in [1.807, 2.05) is 36.4 Å². The Morgan fingerprint density at radius 1 is 1.15 bits per heavy atom. The number of benzene rings is 2. The van der Waals surface area contributed by atoms with Gasteiger partial charge in [0.05, 0.1) is 29.9 Å². The first-order valence-electron chi connectivity index (χ1n) is 11.1. The van der Waals surface area contributed by atoms with Crippen LogP contribution in [0.4, 0.5) is 0 Å². The lowest BCUT2D eigenvalue weighted by atomic mass is 9.96. The van der Waals surface area contributed by atoms with Gasteiger partial charge in [-0.2, -0.15) is 0 Å². The fraction of sp³-hybridized carbons (Fsp3) is 0.308. The highest BCUT2D eigenvalue weighted by Gasteiger charge is 2.25. The highest BCUT2D eigenvalue weighted by Crippen LogP contribution is 2.28. The maximum atomic E-state index is 13.4. The fourth-order valence-electron chi connectivity index (χ4n) is 4.54. The zero-order chi connectivity index (χ0) is 22.9. The van der Waals surface area contributed by atoms with E-state index >= 15 is 0 Å². The number of aromatic nitrogens is 3. The summed E-state index contributed by atoms with van der Waals surface area (Å²) in [6, 6.07) is 13.5. The molecule has 0 amide bonds. The summed E-state index contributed by atoms with van der Waals surface area (Å²) in [5.41, 5.74) is 2.95. The summed E-state index contributed by atoms with van der Waals surface area (Å²) in [6.45, 7) is 2.79. The van der Waals surface area contributed by atoms with Crippen LogP contribution in [0.1, 0.15) is 35.0 Å². The van der Waals surface area contributed by atoms with Crippen molar-refractivity contribution >= 4 is 27.5 Å². The second-order valence-corrected chi connectivity index (χ2v) is 8.66. The molecule has 168 valence electrons. The van der Waals surface area contributed by atoms with Crippen LogP contribution < -0.4 is 5.56 Å². The van der Waals surface area contributed by atoms with E-state index in [0.717, 1.165) is 21.9 Å². The van der Waals surface area contributed by atoms with Crippen molar-refractivity contribution in [1.82, 2.24) is 14.5 Å². The van der Waals surface area contributed by atoms with Crippen molar-refractivity contribution < 1.29 is 14.6 Å². The van der Waals surface area contributed by atoms with Gasteiger partial charge in [-0.1, -0.05) is 30.3 Å². The van der Waals surface area contributed by atoms with E-state index in [1.165, 1.54) is 6.92 Å². The summed E-state index contributed by atoms with van der Waals surface area (Å²) in [7, 11) is 0. The number of nitrogens with zero attached hydrogens (tertiary/aromatic N) is 3. The molecule has 7 heteroatoms. The van der Waals surface area contributed by atoms with E-state index in [0.29, 0.717) is 49.2 Å². The highest BCUT2D eigenvalue weighted by atomic mass is 16.5. The van der Waals surface area contributed by atoms with Crippen LogP contribution in [-0.4, -0.2) is 44.7 Å². The first-order valence-corrected chi connectivity index (χ1v) is 11.1. The number of aliphatic hydroxyl groups excluding tert-OH is 1. The number of fused-ring (bicyclic) bond motifs is 3. The average Bonchev–Trinajstić information content (AvgIpc) is 2.83. The van der Waals surface area contributed by atoms with E-state index in [9.17, 15) is 14.7 Å². The minimum Gasteiger partial charge on any atom is -0.390 e. The fourth-order valence-corrected chi connectivity index (χ4v) is 4.54. The van der Waals surface area contributed by atoms with Gasteiger partial charge in [-0.05, 0) is 41.5 Å². The predicted octanol–water partition coefficient (Wildman–Crippen LogP) is 3.14. The normalized spacial score (nSPS) is 18.6. The summed E-state index contributed by atoms with van der Waals surface area (Å²) in [5, 5.41) is 12.8. The first kappa shape index (κ1) is 21.4. The molecule has 33 heavy (non-hydrogen) atoms. The molecule has 5 rings (SSSR count). The van der Waals surface area contributed by atoms with Gasteiger partial charge in [0, 0.05) is 37.6 Å². The van der Waals surface area contributed by atoms with Crippen molar-refractivity contribution in [3.05, 3.63) is 82.2 Å². The topological polar surface area (TPSA) is 94.3 Å². The molecule has 2 aromatic heterocycles. The third-order valence-electron chi connectivity index (χ3n) is 6.40. The molecule has 0 bridgehead atoms. The maximum absolute atomic E-state index is 13.4. The van der Waals surface area contributed by atoms with E-state index < -0.39 is 6.10 Å². The standard InChI is InChI=1S/C26H25N3O4/c1-16(30)23-7-6-17(12-27-23)10-19-11-22-25(21-5-3-2-4-20(19)21)28-15-29(26(22)32)13-18-8-9-33-14-24(18)31/h2-7,11-12,15,18,24,31H,8-10,13-14H2,1H3/t18-,24+/m1/s1. The van der Waals surface area contributed by atoms with Gasteiger partial charge < -0.3 is 9.84 Å². The van der Waals surface area contributed by atoms with E-state index in [4.69, 9.17) is 4.74 Å². The largest absolute Gasteiger partial charge is 0.390 e. The molecule has 4 aromatic rings. The monoisotopic (exact) mass is 443 g/mol. The number of hydrogen-bond donors (Lipinski definition) is 1. The summed E-state index contributed by atoms with van der Waals surface area (Å²) < 4.78 is 6.91. The molecule has 0 saturated carbocycles. The van der Waals surface area contributed by atoms with Crippen LogP contribution in [0.5, 0.6) is 0 Å². The van der Waals surface area contributed by atoms with Crippen molar-refractivity contribution in [3.63, 3.8) is 0 Å². The minimum absolute atomic E-state index is 0.0403. The summed E-state index contributed by atoms with van der Waals surface area (Å²) in [6.07, 6.45) is 4.00. The molecular formula is C26H25N3O4. The Morgan fingerprint density at radius 3 is 2.70 bits per heavy atom. The highest BCUT2D eigenvalue weighted by molar-refractivity contribution is 6.06. The summed E-state index contributed by atoms with van der Waals surface area (Å²) in [4.78, 5) is 33.9. The number of hydrogen-bond acceptors (Lipinski definition) is 6. The molecule has 1 fully saturated rings. The van der Waals surface area contributed by atoms with Gasteiger partial charge in [0.15, 0.2) is 5.78 Å². The van der Waals surface area contributed by atoms with Gasteiger partial charge in [0.2, 0.25) is 0 Å². The lowest BCUT2D eigenvalue weighted by Gasteiger charge is -2.28. The second kappa shape index (κ2) is 8.84. The molecule has 1 aliphatic rings. The van der Waals surface area contributed by atoms with Gasteiger partial charge in [-0.3, -0.25) is 19.1 Å². The third-order valence-corrected chi connectivity index (χ3v) is 6.40. The van der Waals surface area contributed by atoms with Crippen molar-refractivity contribution in [2.75, 3.05) is 13.2 Å². The molecule has 0 aliphatic carbocycles. The molecule has 7 nitrogen and oxygen atoms in total. The zero-order valence-electron chi connectivity index (χ0n) is 18.4. The van der Waals surface area contributed by atoms with Crippen molar-refractivity contribution in [3.8, 4) is 0 Å². The minimum atomic E-state index is -0.584. The lowest BCUT2D eigenvalue weighted by Crippen LogP contribution is -2.37. The Labute approximate surface area is 190 Å². The van der Waals surface area contributed by atoms with Gasteiger partial charge in [0.1, 0.15) is 5.69 Å². The smallest absolute Gasteiger partial charge is 0.261 e. The van der Waals surface area contributed by atoms with E-state index in [2.05, 4.69) is 9.97 Å². The van der Waals surface area contributed by atoms with Crippen LogP contribution in [0, 0.1) is 5.92 Å². The number of carbonyl (C=O) groups excluding carboxylic acids is 1. The number of ketones is 1. The molecular weight excluding hydrogens is 418 g/mol. The van der Waals surface area contributed by atoms with Gasteiger partial charge >= 0.3 is 0 Å². The second-order valence-electron chi connectivity index (χ2n) is 8.66. The predicted molar refractivity (Wildman–Crippen MR) is 125 cm³/mol. The summed E-state index contributed by atoms with van der Waals surface area (Å²) >= 11 is 0. The number of aliphatic hydroxyl groups is 1. The van der Waals surface area contributed by atoms with Crippen molar-refractivity contribution in [2.45, 2.75) is 32.4 Å². The zero-order valence-corrected chi connectivity index (χ0v) is 18.4. The molecule has 0 unspecified atom stereocenters. The molecule has 3 heterocycles. The van der Waals surface area contributed by atoms with Gasteiger partial charge in [-0.15, -0.1) is 0 Å². The molecule has 2 aromatic carbocycles. The van der Waals surface area contributed by atoms with Crippen molar-refractivity contribution in [1.29, 1.82) is 0 Å². The van der Waals surface area contributed by atoms with Crippen LogP contribution in [0.15, 0.2) is 59.8 Å². The molecule has 1 saturated heterocycles. The Kier molecular flexibility index (Phi) is 5.74. The van der Waals surface area contributed by atoms with Crippen LogP contribution in [-0.2, 0) is 17.7 Å². The van der Waals surface area contributed by atoms with Gasteiger partial charge in [0.25, 0.3) is 5.56 Å². The van der Waals surface area contributed by atoms with Crippen LogP contribution in [0.25, 0.3) is 21.7 Å². The van der Waals surface area contributed by atoms with Gasteiger partial charge in [-0.25, -0.2) is 4.98 Å². The van der Waals surface area contributed by atoms with Crippen LogP contribution >= 0.6 is 0 Å². The Hall–Kier alpha value is -3.42. The lowest BCUT2D eigenvalue weighted by molar-refractivity contribution is -0.0486. The maximum Gasteiger partial charge on any atom is 0.261 e. The van der Waals surface area contributed by atoms with Crippen molar-refractivity contribution in [2.24, 2.45) is 5.92 Å². The Balaban J connectivity index is 1.58. The summed E-state index contributed by atoms with van der Waals surface area (Å²) in [5.74, 6) is -0.111. The van der Waals surface area contributed by atoms with E-state index in [-0.39, 0.29) is 17.3 Å². The quantitative estimate of drug-likeness (QED) is 0.376.